The van der Waals surface area contributed by atoms with Gasteiger partial charge in [0.1, 0.15) is 22.9 Å². The summed E-state index contributed by atoms with van der Waals surface area (Å²) in [4.78, 5) is 44.8. The smallest absolute Gasteiger partial charge is 0.341 e. The number of anilines is 2. The molecule has 0 saturated heterocycles. The van der Waals surface area contributed by atoms with E-state index in [0.29, 0.717) is 27.6 Å². The van der Waals surface area contributed by atoms with Crippen molar-refractivity contribution in [2.45, 2.75) is 20.8 Å². The van der Waals surface area contributed by atoms with Crippen molar-refractivity contribution in [2.75, 3.05) is 30.0 Å². The molecule has 0 atom stereocenters. The number of aryl methyl sites for hydroxylation is 2. The Labute approximate surface area is 227 Å². The number of nitrogens with zero attached hydrogens (tertiary/aromatic N) is 2. The summed E-state index contributed by atoms with van der Waals surface area (Å²) in [5, 5.41) is 7.90. The molecule has 5 rings (SSSR count). The van der Waals surface area contributed by atoms with Crippen molar-refractivity contribution in [1.29, 1.82) is 0 Å². The molecule has 194 valence electrons. The van der Waals surface area contributed by atoms with Crippen LogP contribution in [0.3, 0.4) is 0 Å². The Morgan fingerprint density at radius 3 is 2.55 bits per heavy atom. The summed E-state index contributed by atoms with van der Waals surface area (Å²) in [7, 11) is 0. The van der Waals surface area contributed by atoms with E-state index in [1.165, 1.54) is 27.6 Å². The van der Waals surface area contributed by atoms with Gasteiger partial charge in [-0.05, 0) is 44.5 Å². The van der Waals surface area contributed by atoms with Gasteiger partial charge in [0.15, 0.2) is 6.61 Å². The number of fused-ring (bicyclic) bond motifs is 1. The van der Waals surface area contributed by atoms with Gasteiger partial charge < -0.3 is 14.8 Å². The third kappa shape index (κ3) is 5.18. The zero-order chi connectivity index (χ0) is 26.8. The molecule has 2 aromatic heterocycles. The highest BCUT2D eigenvalue weighted by molar-refractivity contribution is 7.15. The summed E-state index contributed by atoms with van der Waals surface area (Å²) < 4.78 is 10.9. The number of carbonyl (C=O) groups is 3. The number of esters is 1. The van der Waals surface area contributed by atoms with E-state index in [1.807, 2.05) is 54.9 Å². The lowest BCUT2D eigenvalue weighted by Gasteiger charge is -2.29. The summed E-state index contributed by atoms with van der Waals surface area (Å²) in [5.41, 5.74) is 5.03. The van der Waals surface area contributed by atoms with Crippen LogP contribution in [-0.4, -0.2) is 42.5 Å². The molecule has 2 aromatic carbocycles. The topological polar surface area (TPSA) is 97.8 Å². The molecule has 0 saturated carbocycles. The van der Waals surface area contributed by atoms with Crippen molar-refractivity contribution in [3.63, 3.8) is 0 Å². The van der Waals surface area contributed by atoms with Gasteiger partial charge in [0, 0.05) is 21.9 Å². The first-order valence-corrected chi connectivity index (χ1v) is 13.7. The lowest BCUT2D eigenvalue weighted by molar-refractivity contribution is -0.123. The highest BCUT2D eigenvalue weighted by Gasteiger charge is 2.29. The van der Waals surface area contributed by atoms with Crippen molar-refractivity contribution in [2.24, 2.45) is 0 Å². The number of nitrogens with one attached hydrogen (secondary N) is 1. The average molecular weight is 548 g/mol. The standard InChI is InChI=1S/C28H25N3O5S2/c1-4-35-28(34)26-20(18-7-5-16(2)6-8-18)14-38-27(26)30-24(32)12-31-22-11-19(21-15-37-17(3)29-21)9-10-23(22)36-13-25(31)33/h5-11,14-15H,4,12-13H2,1-3H3,(H,30,32). The van der Waals surface area contributed by atoms with E-state index in [1.54, 1.807) is 19.1 Å². The third-order valence-corrected chi connectivity index (χ3v) is 7.67. The zero-order valence-corrected chi connectivity index (χ0v) is 22.7. The van der Waals surface area contributed by atoms with Crippen molar-refractivity contribution < 1.29 is 23.9 Å². The predicted molar refractivity (Wildman–Crippen MR) is 149 cm³/mol. The van der Waals surface area contributed by atoms with Crippen molar-refractivity contribution in [3.8, 4) is 28.1 Å². The van der Waals surface area contributed by atoms with Crippen LogP contribution < -0.4 is 15.0 Å². The lowest BCUT2D eigenvalue weighted by atomic mass is 10.0. The number of carbonyl (C=O) groups excluding carboxylic acids is 3. The molecule has 0 bridgehead atoms. The largest absolute Gasteiger partial charge is 0.482 e. The first kappa shape index (κ1) is 25.6. The SMILES string of the molecule is CCOC(=O)c1c(-c2ccc(C)cc2)csc1NC(=O)CN1C(=O)COc2ccc(-c3csc(C)n3)cc21. The number of ether oxygens (including phenoxy) is 2. The summed E-state index contributed by atoms with van der Waals surface area (Å²) in [6.45, 7) is 5.44. The Morgan fingerprint density at radius 2 is 1.84 bits per heavy atom. The van der Waals surface area contributed by atoms with E-state index < -0.39 is 11.9 Å². The monoisotopic (exact) mass is 547 g/mol. The molecule has 1 N–H and O–H groups in total. The second-order valence-electron chi connectivity index (χ2n) is 8.69. The maximum Gasteiger partial charge on any atom is 0.341 e. The Kier molecular flexibility index (Phi) is 7.26. The van der Waals surface area contributed by atoms with E-state index >= 15 is 0 Å². The minimum Gasteiger partial charge on any atom is -0.482 e. The summed E-state index contributed by atoms with van der Waals surface area (Å²) >= 11 is 2.77. The molecule has 38 heavy (non-hydrogen) atoms. The fraction of sp³-hybridized carbons (Fsp3) is 0.214. The highest BCUT2D eigenvalue weighted by Crippen LogP contribution is 2.38. The number of hydrogen-bond donors (Lipinski definition) is 1. The van der Waals surface area contributed by atoms with Gasteiger partial charge in [-0.3, -0.25) is 14.5 Å². The number of benzene rings is 2. The number of hydrogen-bond acceptors (Lipinski definition) is 8. The Hall–Kier alpha value is -4.02. The molecule has 2 amide bonds. The minimum atomic E-state index is -0.518. The molecule has 0 unspecified atom stereocenters. The number of rotatable bonds is 7. The van der Waals surface area contributed by atoms with Gasteiger partial charge >= 0.3 is 5.97 Å². The van der Waals surface area contributed by atoms with Gasteiger partial charge in [0.2, 0.25) is 5.91 Å². The van der Waals surface area contributed by atoms with E-state index in [9.17, 15) is 14.4 Å². The molecule has 3 heterocycles. The quantitative estimate of drug-likeness (QED) is 0.298. The van der Waals surface area contributed by atoms with Gasteiger partial charge in [0.05, 0.1) is 23.0 Å². The van der Waals surface area contributed by atoms with Gasteiger partial charge in [0.25, 0.3) is 5.91 Å². The Balaban J connectivity index is 1.42. The fourth-order valence-electron chi connectivity index (χ4n) is 4.14. The molecule has 0 aliphatic carbocycles. The molecule has 0 spiro atoms. The van der Waals surface area contributed by atoms with Crippen LogP contribution in [0.25, 0.3) is 22.4 Å². The normalized spacial score (nSPS) is 12.6. The fourth-order valence-corrected chi connectivity index (χ4v) is 5.74. The van der Waals surface area contributed by atoms with E-state index in [0.717, 1.165) is 27.4 Å². The van der Waals surface area contributed by atoms with E-state index in [2.05, 4.69) is 10.3 Å². The highest BCUT2D eigenvalue weighted by atomic mass is 32.1. The summed E-state index contributed by atoms with van der Waals surface area (Å²) in [6.07, 6.45) is 0. The summed E-state index contributed by atoms with van der Waals surface area (Å²) in [6, 6.07) is 13.2. The van der Waals surface area contributed by atoms with E-state index in [4.69, 9.17) is 9.47 Å². The first-order valence-electron chi connectivity index (χ1n) is 12.0. The maximum absolute atomic E-state index is 13.2. The van der Waals surface area contributed by atoms with Crippen LogP contribution in [0, 0.1) is 13.8 Å². The van der Waals surface area contributed by atoms with Crippen LogP contribution in [0.5, 0.6) is 5.75 Å². The van der Waals surface area contributed by atoms with Crippen LogP contribution in [0.4, 0.5) is 10.7 Å². The number of amides is 2. The number of thiophene rings is 1. The molecule has 10 heteroatoms. The van der Waals surface area contributed by atoms with Gasteiger partial charge in [-0.15, -0.1) is 22.7 Å². The molecular weight excluding hydrogens is 522 g/mol. The first-order chi connectivity index (χ1) is 18.3. The predicted octanol–water partition coefficient (Wildman–Crippen LogP) is 5.70. The van der Waals surface area contributed by atoms with Crippen LogP contribution in [0.2, 0.25) is 0 Å². The summed E-state index contributed by atoms with van der Waals surface area (Å²) in [5.74, 6) is -0.783. The zero-order valence-electron chi connectivity index (χ0n) is 21.1. The Morgan fingerprint density at radius 1 is 1.08 bits per heavy atom. The van der Waals surface area contributed by atoms with Crippen molar-refractivity contribution in [1.82, 2.24) is 4.98 Å². The number of aromatic nitrogens is 1. The van der Waals surface area contributed by atoms with Crippen LogP contribution in [0.15, 0.2) is 53.2 Å². The molecular formula is C28H25N3O5S2. The van der Waals surface area contributed by atoms with Crippen LogP contribution >= 0.6 is 22.7 Å². The van der Waals surface area contributed by atoms with E-state index in [-0.39, 0.29) is 25.7 Å². The number of thiazole rings is 1. The third-order valence-electron chi connectivity index (χ3n) is 6.00. The van der Waals surface area contributed by atoms with Gasteiger partial charge in [-0.25, -0.2) is 9.78 Å². The van der Waals surface area contributed by atoms with Crippen molar-refractivity contribution in [3.05, 3.63) is 69.4 Å². The average Bonchev–Trinajstić information content (AvgIpc) is 3.52. The molecule has 8 nitrogen and oxygen atoms in total. The van der Waals surface area contributed by atoms with Gasteiger partial charge in [-0.1, -0.05) is 29.8 Å². The molecule has 4 aromatic rings. The molecule has 0 fully saturated rings. The van der Waals surface area contributed by atoms with Crippen LogP contribution in [0.1, 0.15) is 27.9 Å². The lowest BCUT2D eigenvalue weighted by Crippen LogP contribution is -2.43. The molecule has 0 radical (unpaired) electrons. The molecule has 1 aliphatic heterocycles. The second kappa shape index (κ2) is 10.8. The van der Waals surface area contributed by atoms with Crippen molar-refractivity contribution >= 4 is 51.1 Å². The van der Waals surface area contributed by atoms with Crippen LogP contribution in [-0.2, 0) is 14.3 Å². The second-order valence-corrected chi connectivity index (χ2v) is 10.6. The van der Waals surface area contributed by atoms with Gasteiger partial charge in [-0.2, -0.15) is 0 Å². The maximum atomic E-state index is 13.2. The molecule has 1 aliphatic rings. The minimum absolute atomic E-state index is 0.167. The Bertz CT molecular complexity index is 1520.